The van der Waals surface area contributed by atoms with Crippen molar-refractivity contribution in [2.45, 2.75) is 18.6 Å². The molecule has 1 aliphatic heterocycles. The minimum atomic E-state index is -4.76. The Balaban J connectivity index is 2.55. The van der Waals surface area contributed by atoms with Crippen LogP contribution in [0.4, 0.5) is 13.2 Å². The molecule has 1 rings (SSSR count). The molecule has 1 amide bonds. The molecule has 3 nitrogen and oxygen atoms in total. The van der Waals surface area contributed by atoms with Gasteiger partial charge < -0.3 is 10.6 Å². The van der Waals surface area contributed by atoms with E-state index in [2.05, 4.69) is 0 Å². The number of nitrogens with zero attached hydrogens (tertiary/aromatic N) is 1. The molecule has 0 saturated carbocycles. The molecule has 12 heavy (non-hydrogen) atoms. The summed E-state index contributed by atoms with van der Waals surface area (Å²) in [4.78, 5) is 11.3. The molecule has 6 heteroatoms. The molecule has 0 spiro atoms. The predicted molar refractivity (Wildman–Crippen MR) is 35.2 cm³/mol. The number of carbonyl (C=O) groups excluding carboxylic acids is 1. The maximum atomic E-state index is 11.8. The van der Waals surface area contributed by atoms with Gasteiger partial charge in [0.05, 0.1) is 0 Å². The Kier molecular flexibility index (Phi) is 2.27. The third-order valence-electron chi connectivity index (χ3n) is 1.75. The Hall–Kier alpha value is -0.780. The largest absolute Gasteiger partial charge is 0.471 e. The first-order chi connectivity index (χ1) is 5.41. The van der Waals surface area contributed by atoms with Crippen molar-refractivity contribution in [1.82, 2.24) is 4.90 Å². The maximum Gasteiger partial charge on any atom is 0.471 e. The van der Waals surface area contributed by atoms with Crippen LogP contribution in [0.5, 0.6) is 0 Å². The third-order valence-corrected chi connectivity index (χ3v) is 1.75. The van der Waals surface area contributed by atoms with Gasteiger partial charge in [0, 0.05) is 19.1 Å². The van der Waals surface area contributed by atoms with Crippen molar-refractivity contribution in [2.24, 2.45) is 5.73 Å². The Morgan fingerprint density at radius 3 is 2.42 bits per heavy atom. The maximum absolute atomic E-state index is 11.8. The lowest BCUT2D eigenvalue weighted by Crippen LogP contribution is -2.40. The summed E-state index contributed by atoms with van der Waals surface area (Å²) in [6.07, 6.45) is -4.31. The van der Waals surface area contributed by atoms with Gasteiger partial charge in [-0.05, 0) is 6.42 Å². The highest BCUT2D eigenvalue weighted by atomic mass is 19.4. The summed E-state index contributed by atoms with van der Waals surface area (Å²) in [6.45, 7) is 0.123. The van der Waals surface area contributed by atoms with Crippen molar-refractivity contribution >= 4 is 5.91 Å². The molecule has 1 fully saturated rings. The van der Waals surface area contributed by atoms with Crippen molar-refractivity contribution in [3.8, 4) is 0 Å². The molecule has 0 radical (unpaired) electrons. The van der Waals surface area contributed by atoms with Crippen LogP contribution in [0.25, 0.3) is 0 Å². The summed E-state index contributed by atoms with van der Waals surface area (Å²) in [5.74, 6) is -1.78. The average molecular weight is 182 g/mol. The van der Waals surface area contributed by atoms with E-state index in [9.17, 15) is 18.0 Å². The second-order valence-corrected chi connectivity index (χ2v) is 2.80. The van der Waals surface area contributed by atoms with E-state index in [0.29, 0.717) is 6.42 Å². The zero-order chi connectivity index (χ0) is 9.35. The number of rotatable bonds is 0. The number of carbonyl (C=O) groups is 1. The molecule has 0 bridgehead atoms. The first kappa shape index (κ1) is 9.31. The summed E-state index contributed by atoms with van der Waals surface area (Å²) in [5, 5.41) is 0. The number of alkyl halides is 3. The van der Waals surface area contributed by atoms with Gasteiger partial charge in [-0.3, -0.25) is 4.79 Å². The highest BCUT2D eigenvalue weighted by Gasteiger charge is 2.43. The minimum absolute atomic E-state index is 0.0122. The van der Waals surface area contributed by atoms with Gasteiger partial charge in [0.15, 0.2) is 0 Å². The quantitative estimate of drug-likeness (QED) is 0.577. The SMILES string of the molecule is NC1CCN(C(=O)C(F)(F)F)C1. The number of likely N-dealkylation sites (tertiary alicyclic amines) is 1. The van der Waals surface area contributed by atoms with Gasteiger partial charge >= 0.3 is 12.1 Å². The number of halogens is 3. The monoisotopic (exact) mass is 182 g/mol. The zero-order valence-corrected chi connectivity index (χ0v) is 6.27. The molecule has 70 valence electrons. The molecule has 1 atom stereocenters. The topological polar surface area (TPSA) is 46.3 Å². The summed E-state index contributed by atoms with van der Waals surface area (Å²) in [5.41, 5.74) is 5.34. The van der Waals surface area contributed by atoms with Crippen molar-refractivity contribution < 1.29 is 18.0 Å². The van der Waals surface area contributed by atoms with E-state index in [1.807, 2.05) is 0 Å². The summed E-state index contributed by atoms with van der Waals surface area (Å²) in [6, 6.07) is -0.309. The lowest BCUT2D eigenvalue weighted by Gasteiger charge is -2.16. The fraction of sp³-hybridized carbons (Fsp3) is 0.833. The van der Waals surface area contributed by atoms with Crippen LogP contribution in [0.3, 0.4) is 0 Å². The molecule has 1 heterocycles. The summed E-state index contributed by atoms with van der Waals surface area (Å²) < 4.78 is 35.4. The molecule has 1 saturated heterocycles. The normalized spacial score (nSPS) is 24.7. The van der Waals surface area contributed by atoms with Crippen LogP contribution in [0.1, 0.15) is 6.42 Å². The summed E-state index contributed by atoms with van der Waals surface area (Å²) in [7, 11) is 0. The zero-order valence-electron chi connectivity index (χ0n) is 6.27. The van der Waals surface area contributed by atoms with Crippen molar-refractivity contribution in [1.29, 1.82) is 0 Å². The van der Waals surface area contributed by atoms with Crippen molar-refractivity contribution in [3.05, 3.63) is 0 Å². The summed E-state index contributed by atoms with van der Waals surface area (Å²) >= 11 is 0. The van der Waals surface area contributed by atoms with Crippen LogP contribution in [-0.2, 0) is 4.79 Å². The van der Waals surface area contributed by atoms with Crippen LogP contribution < -0.4 is 5.73 Å². The standard InChI is InChI=1S/C6H9F3N2O/c7-6(8,9)5(12)11-2-1-4(10)3-11/h4H,1-3,10H2. The lowest BCUT2D eigenvalue weighted by molar-refractivity contribution is -0.184. The average Bonchev–Trinajstić information content (AvgIpc) is 2.32. The fourth-order valence-corrected chi connectivity index (χ4v) is 1.15. The second-order valence-electron chi connectivity index (χ2n) is 2.80. The molecule has 1 unspecified atom stereocenters. The minimum Gasteiger partial charge on any atom is -0.333 e. The predicted octanol–water partition coefficient (Wildman–Crippen LogP) is 0.108. The van der Waals surface area contributed by atoms with Crippen LogP contribution in [0.2, 0.25) is 0 Å². The highest BCUT2D eigenvalue weighted by molar-refractivity contribution is 5.82. The van der Waals surface area contributed by atoms with Gasteiger partial charge in [-0.1, -0.05) is 0 Å². The molecule has 0 aromatic heterocycles. The van der Waals surface area contributed by atoms with Crippen LogP contribution >= 0.6 is 0 Å². The Labute approximate surface area is 67.3 Å². The van der Waals surface area contributed by atoms with E-state index in [-0.39, 0.29) is 19.1 Å². The van der Waals surface area contributed by atoms with Crippen molar-refractivity contribution in [3.63, 3.8) is 0 Å². The first-order valence-corrected chi connectivity index (χ1v) is 3.53. The van der Waals surface area contributed by atoms with Gasteiger partial charge in [0.2, 0.25) is 0 Å². The molecule has 0 aromatic carbocycles. The Bertz CT molecular complexity index is 192. The number of hydrogen-bond acceptors (Lipinski definition) is 2. The Morgan fingerprint density at radius 2 is 2.08 bits per heavy atom. The van der Waals surface area contributed by atoms with E-state index >= 15 is 0 Å². The van der Waals surface area contributed by atoms with Crippen LogP contribution in [-0.4, -0.2) is 36.1 Å². The molecule has 0 aliphatic carbocycles. The molecular weight excluding hydrogens is 173 g/mol. The van der Waals surface area contributed by atoms with Crippen LogP contribution in [0.15, 0.2) is 0 Å². The van der Waals surface area contributed by atoms with Gasteiger partial charge in [-0.25, -0.2) is 0 Å². The number of hydrogen-bond donors (Lipinski definition) is 1. The Morgan fingerprint density at radius 1 is 1.50 bits per heavy atom. The van der Waals surface area contributed by atoms with Gasteiger partial charge in [-0.15, -0.1) is 0 Å². The van der Waals surface area contributed by atoms with Gasteiger partial charge in [-0.2, -0.15) is 13.2 Å². The lowest BCUT2D eigenvalue weighted by atomic mass is 10.3. The van der Waals surface area contributed by atoms with E-state index in [0.717, 1.165) is 4.90 Å². The van der Waals surface area contributed by atoms with E-state index in [1.54, 1.807) is 0 Å². The molecule has 2 N–H and O–H groups in total. The fourth-order valence-electron chi connectivity index (χ4n) is 1.15. The molecule has 0 aromatic rings. The van der Waals surface area contributed by atoms with E-state index in [4.69, 9.17) is 5.73 Å². The highest BCUT2D eigenvalue weighted by Crippen LogP contribution is 2.20. The first-order valence-electron chi connectivity index (χ1n) is 3.53. The number of nitrogens with two attached hydrogens (primary N) is 1. The number of amides is 1. The third kappa shape index (κ3) is 1.88. The molecule has 1 aliphatic rings. The van der Waals surface area contributed by atoms with Gasteiger partial charge in [0.1, 0.15) is 0 Å². The smallest absolute Gasteiger partial charge is 0.333 e. The molecular formula is C6H9F3N2O. The van der Waals surface area contributed by atoms with E-state index < -0.39 is 12.1 Å². The van der Waals surface area contributed by atoms with Gasteiger partial charge in [0.25, 0.3) is 0 Å². The van der Waals surface area contributed by atoms with Crippen LogP contribution in [0, 0.1) is 0 Å². The van der Waals surface area contributed by atoms with E-state index in [1.165, 1.54) is 0 Å². The second kappa shape index (κ2) is 2.93. The van der Waals surface area contributed by atoms with Crippen molar-refractivity contribution in [2.75, 3.05) is 13.1 Å².